The lowest BCUT2D eigenvalue weighted by Crippen LogP contribution is -1.94. The van der Waals surface area contributed by atoms with Crippen LogP contribution in [-0.2, 0) is 0 Å². The molecule has 0 N–H and O–H groups in total. The van der Waals surface area contributed by atoms with Gasteiger partial charge < -0.3 is 0 Å². The highest BCUT2D eigenvalue weighted by Gasteiger charge is 2.27. The Kier molecular flexibility index (Phi) is 5.48. The number of rotatable bonds is 6. The van der Waals surface area contributed by atoms with Crippen molar-refractivity contribution in [2.75, 3.05) is 0 Å². The molecule has 0 radical (unpaired) electrons. The fourth-order valence-corrected chi connectivity index (χ4v) is 4.21. The summed E-state index contributed by atoms with van der Waals surface area (Å²) in [5, 5.41) is 9.66. The SMILES string of the molecule is CC(=C\c1cn2nc(-c3cn(C4CC4)nc3-c3ccc(F)cc3)ccc2n1)/N=C(\C)c1ccncc1. The smallest absolute Gasteiger partial charge is 0.154 e. The van der Waals surface area contributed by atoms with Crippen molar-refractivity contribution in [3.05, 3.63) is 96.1 Å². The van der Waals surface area contributed by atoms with E-state index in [-0.39, 0.29) is 5.82 Å². The zero-order valence-corrected chi connectivity index (χ0v) is 20.0. The molecule has 0 unspecified atom stereocenters. The van der Waals surface area contributed by atoms with Crippen LogP contribution in [0.25, 0.3) is 34.2 Å². The molecular weight excluding hydrogens is 453 g/mol. The third-order valence-corrected chi connectivity index (χ3v) is 6.18. The Labute approximate surface area is 207 Å². The number of hydrogen-bond acceptors (Lipinski definition) is 5. The molecule has 1 saturated carbocycles. The van der Waals surface area contributed by atoms with Gasteiger partial charge >= 0.3 is 0 Å². The van der Waals surface area contributed by atoms with E-state index in [9.17, 15) is 4.39 Å². The van der Waals surface area contributed by atoms with Crippen molar-refractivity contribution < 1.29 is 4.39 Å². The van der Waals surface area contributed by atoms with Gasteiger partial charge in [-0.15, -0.1) is 0 Å². The first-order valence-electron chi connectivity index (χ1n) is 11.9. The van der Waals surface area contributed by atoms with Crippen molar-refractivity contribution in [1.29, 1.82) is 0 Å². The van der Waals surface area contributed by atoms with E-state index in [4.69, 9.17) is 15.2 Å². The molecule has 1 aromatic carbocycles. The third-order valence-electron chi connectivity index (χ3n) is 6.18. The highest BCUT2D eigenvalue weighted by Crippen LogP contribution is 2.38. The van der Waals surface area contributed by atoms with Crippen LogP contribution in [0.2, 0.25) is 0 Å². The second-order valence-electron chi connectivity index (χ2n) is 9.02. The van der Waals surface area contributed by atoms with Crippen molar-refractivity contribution in [1.82, 2.24) is 29.4 Å². The zero-order valence-electron chi connectivity index (χ0n) is 20.0. The summed E-state index contributed by atoms with van der Waals surface area (Å²) in [5.74, 6) is -0.268. The van der Waals surface area contributed by atoms with Gasteiger partial charge in [0.25, 0.3) is 0 Å². The van der Waals surface area contributed by atoms with Crippen molar-refractivity contribution >= 4 is 17.4 Å². The van der Waals surface area contributed by atoms with E-state index in [1.807, 2.05) is 61.3 Å². The quantitative estimate of drug-likeness (QED) is 0.281. The number of aromatic nitrogens is 6. The summed E-state index contributed by atoms with van der Waals surface area (Å²) < 4.78 is 17.3. The van der Waals surface area contributed by atoms with E-state index in [0.717, 1.165) is 63.7 Å². The van der Waals surface area contributed by atoms with Gasteiger partial charge in [0, 0.05) is 41.1 Å². The zero-order chi connectivity index (χ0) is 24.6. The van der Waals surface area contributed by atoms with Gasteiger partial charge in [-0.3, -0.25) is 14.7 Å². The molecule has 6 rings (SSSR count). The first-order valence-corrected chi connectivity index (χ1v) is 11.9. The second kappa shape index (κ2) is 8.96. The molecule has 0 aliphatic heterocycles. The van der Waals surface area contributed by atoms with Gasteiger partial charge in [-0.2, -0.15) is 10.2 Å². The maximum atomic E-state index is 13.5. The van der Waals surface area contributed by atoms with E-state index in [2.05, 4.69) is 9.97 Å². The van der Waals surface area contributed by atoms with Gasteiger partial charge in [-0.25, -0.2) is 13.9 Å². The number of allylic oxidation sites excluding steroid dienone is 1. The van der Waals surface area contributed by atoms with Gasteiger partial charge in [0.2, 0.25) is 0 Å². The van der Waals surface area contributed by atoms with E-state index in [1.54, 1.807) is 29.0 Å². The normalized spacial score (nSPS) is 14.5. The molecule has 0 amide bonds. The number of fused-ring (bicyclic) bond motifs is 1. The predicted octanol–water partition coefficient (Wildman–Crippen LogP) is 6.00. The maximum Gasteiger partial charge on any atom is 0.154 e. The van der Waals surface area contributed by atoms with Crippen LogP contribution < -0.4 is 0 Å². The molecule has 7 nitrogen and oxygen atoms in total. The highest BCUT2D eigenvalue weighted by molar-refractivity contribution is 5.99. The molecule has 178 valence electrons. The average Bonchev–Trinajstić information content (AvgIpc) is 3.51. The predicted molar refractivity (Wildman–Crippen MR) is 138 cm³/mol. The van der Waals surface area contributed by atoms with Crippen LogP contribution in [0.5, 0.6) is 0 Å². The number of hydrogen-bond donors (Lipinski definition) is 0. The lowest BCUT2D eigenvalue weighted by atomic mass is 10.1. The molecule has 0 atom stereocenters. The first-order chi connectivity index (χ1) is 17.5. The molecule has 4 heterocycles. The van der Waals surface area contributed by atoms with Gasteiger partial charge in [0.1, 0.15) is 11.5 Å². The minimum atomic E-state index is -0.268. The molecular formula is C28H24FN7. The fraction of sp³-hybridized carbons (Fsp3) is 0.179. The Morgan fingerprint density at radius 1 is 0.972 bits per heavy atom. The van der Waals surface area contributed by atoms with Crippen molar-refractivity contribution in [3.8, 4) is 22.5 Å². The third kappa shape index (κ3) is 4.45. The fourth-order valence-electron chi connectivity index (χ4n) is 4.21. The van der Waals surface area contributed by atoms with Crippen LogP contribution in [0, 0.1) is 5.82 Å². The summed E-state index contributed by atoms with van der Waals surface area (Å²) >= 11 is 0. The molecule has 8 heteroatoms. The lowest BCUT2D eigenvalue weighted by molar-refractivity contribution is 0.627. The monoisotopic (exact) mass is 477 g/mol. The van der Waals surface area contributed by atoms with Gasteiger partial charge in [0.15, 0.2) is 5.65 Å². The minimum Gasteiger partial charge on any atom is -0.268 e. The van der Waals surface area contributed by atoms with Crippen LogP contribution in [0.15, 0.2) is 84.0 Å². The molecule has 36 heavy (non-hydrogen) atoms. The number of benzene rings is 1. The lowest BCUT2D eigenvalue weighted by Gasteiger charge is -2.03. The van der Waals surface area contributed by atoms with E-state index in [0.29, 0.717) is 6.04 Å². The summed E-state index contributed by atoms with van der Waals surface area (Å²) in [7, 11) is 0. The Morgan fingerprint density at radius 3 is 2.50 bits per heavy atom. The number of pyridine rings is 1. The molecule has 1 fully saturated rings. The summed E-state index contributed by atoms with van der Waals surface area (Å²) in [6.45, 7) is 3.93. The number of nitrogens with zero attached hydrogens (tertiary/aromatic N) is 7. The molecule has 5 aromatic rings. The van der Waals surface area contributed by atoms with Crippen LogP contribution in [0.3, 0.4) is 0 Å². The average molecular weight is 478 g/mol. The summed E-state index contributed by atoms with van der Waals surface area (Å²) in [6.07, 6.45) is 11.6. The van der Waals surface area contributed by atoms with E-state index < -0.39 is 0 Å². The standard InChI is InChI=1S/C28H24FN7/c1-18(31-19(2)20-11-13-30-14-12-20)15-23-16-36-27(32-23)10-9-26(33-36)25-17-35(24-7-8-24)34-28(25)21-3-5-22(29)6-4-21/h3-6,9-17,24H,7-8H2,1-2H3/b18-15+,31-19+. The Bertz CT molecular complexity index is 1610. The topological polar surface area (TPSA) is 73.3 Å². The molecule has 0 saturated heterocycles. The van der Waals surface area contributed by atoms with Crippen LogP contribution >= 0.6 is 0 Å². The second-order valence-corrected chi connectivity index (χ2v) is 9.02. The van der Waals surface area contributed by atoms with Crippen LogP contribution in [0.1, 0.15) is 44.0 Å². The van der Waals surface area contributed by atoms with Crippen molar-refractivity contribution in [2.45, 2.75) is 32.7 Å². The number of imidazole rings is 1. The van der Waals surface area contributed by atoms with Crippen LogP contribution in [-0.4, -0.2) is 35.1 Å². The van der Waals surface area contributed by atoms with Gasteiger partial charge in [0.05, 0.1) is 23.6 Å². The van der Waals surface area contributed by atoms with E-state index >= 15 is 0 Å². The maximum absolute atomic E-state index is 13.5. The highest BCUT2D eigenvalue weighted by atomic mass is 19.1. The van der Waals surface area contributed by atoms with Crippen molar-refractivity contribution in [2.24, 2.45) is 4.99 Å². The van der Waals surface area contributed by atoms with E-state index in [1.165, 1.54) is 12.1 Å². The van der Waals surface area contributed by atoms with Gasteiger partial charge in [-0.1, -0.05) is 0 Å². The molecule has 0 spiro atoms. The largest absolute Gasteiger partial charge is 0.268 e. The molecule has 0 bridgehead atoms. The van der Waals surface area contributed by atoms with Gasteiger partial charge in [-0.05, 0) is 86.9 Å². The summed E-state index contributed by atoms with van der Waals surface area (Å²) in [4.78, 5) is 13.4. The first kappa shape index (κ1) is 22.0. The number of aliphatic imine (C=N–C) groups is 1. The molecule has 1 aliphatic carbocycles. The molecule has 4 aromatic heterocycles. The van der Waals surface area contributed by atoms with Crippen molar-refractivity contribution in [3.63, 3.8) is 0 Å². The minimum absolute atomic E-state index is 0.268. The van der Waals surface area contributed by atoms with Crippen LogP contribution in [0.4, 0.5) is 4.39 Å². The summed E-state index contributed by atoms with van der Waals surface area (Å²) in [5.41, 5.74) is 7.66. The number of halogens is 1. The summed E-state index contributed by atoms with van der Waals surface area (Å²) in [6, 6.07) is 14.6. The Morgan fingerprint density at radius 2 is 1.75 bits per heavy atom. The Balaban J connectivity index is 1.34. The Hall–Kier alpha value is -4.46. The molecule has 1 aliphatic rings.